The van der Waals surface area contributed by atoms with Crippen molar-refractivity contribution < 1.29 is 4.74 Å². The summed E-state index contributed by atoms with van der Waals surface area (Å²) in [7, 11) is 0. The standard InChI is InChI=1S/C18H21N5O2S/c24-18-5-12-9-26-4-3-13(12)22-23(18)16-8-25-7-15(16)21-17-6-14(11-1-2-11)19-10-20-17/h5-6,10-11,15-16H,1-4,7-9H2,(H,19,20,21). The van der Waals surface area contributed by atoms with Gasteiger partial charge in [0.2, 0.25) is 0 Å². The van der Waals surface area contributed by atoms with Crippen molar-refractivity contribution in [3.05, 3.63) is 45.8 Å². The number of nitrogens with one attached hydrogen (secondary N) is 1. The Bertz CT molecular complexity index is 882. The van der Waals surface area contributed by atoms with Crippen molar-refractivity contribution in [2.75, 3.05) is 24.3 Å². The Kier molecular flexibility index (Phi) is 4.17. The summed E-state index contributed by atoms with van der Waals surface area (Å²) in [5.74, 6) is 3.32. The van der Waals surface area contributed by atoms with Gasteiger partial charge in [0, 0.05) is 35.9 Å². The minimum absolute atomic E-state index is 0.0295. The first-order valence-corrected chi connectivity index (χ1v) is 10.3. The number of thioether (sulfide) groups is 1. The SMILES string of the molecule is O=c1cc2c(nn1C1COCC1Nc1cc(C3CC3)ncn1)CCSC2. The van der Waals surface area contributed by atoms with Crippen LogP contribution in [-0.4, -0.2) is 44.8 Å². The summed E-state index contributed by atoms with van der Waals surface area (Å²) < 4.78 is 7.29. The van der Waals surface area contributed by atoms with E-state index >= 15 is 0 Å². The average Bonchev–Trinajstić information content (AvgIpc) is 3.42. The molecule has 2 aromatic rings. The minimum Gasteiger partial charge on any atom is -0.377 e. The quantitative estimate of drug-likeness (QED) is 0.877. The maximum absolute atomic E-state index is 12.6. The van der Waals surface area contributed by atoms with Gasteiger partial charge in [-0.3, -0.25) is 4.79 Å². The van der Waals surface area contributed by atoms with Gasteiger partial charge in [0.1, 0.15) is 18.2 Å². The number of hydrogen-bond donors (Lipinski definition) is 1. The predicted molar refractivity (Wildman–Crippen MR) is 99.6 cm³/mol. The fraction of sp³-hybridized carbons (Fsp3) is 0.556. The van der Waals surface area contributed by atoms with Gasteiger partial charge in [-0.25, -0.2) is 14.6 Å². The number of aromatic nitrogens is 4. The molecule has 2 aromatic heterocycles. The molecule has 1 saturated heterocycles. The Balaban J connectivity index is 1.40. The number of nitrogens with zero attached hydrogens (tertiary/aromatic N) is 4. The summed E-state index contributed by atoms with van der Waals surface area (Å²) in [6.45, 7) is 1.02. The van der Waals surface area contributed by atoms with Crippen LogP contribution in [0, 0.1) is 0 Å². The lowest BCUT2D eigenvalue weighted by Crippen LogP contribution is -2.38. The van der Waals surface area contributed by atoms with E-state index in [0.29, 0.717) is 19.1 Å². The third kappa shape index (κ3) is 3.12. The smallest absolute Gasteiger partial charge is 0.267 e. The highest BCUT2D eigenvalue weighted by Crippen LogP contribution is 2.39. The maximum atomic E-state index is 12.6. The molecule has 1 aliphatic carbocycles. The molecule has 0 radical (unpaired) electrons. The first-order chi connectivity index (χ1) is 12.8. The maximum Gasteiger partial charge on any atom is 0.267 e. The summed E-state index contributed by atoms with van der Waals surface area (Å²) in [5.41, 5.74) is 3.18. The van der Waals surface area contributed by atoms with Gasteiger partial charge in [0.25, 0.3) is 5.56 Å². The molecular weight excluding hydrogens is 350 g/mol. The largest absolute Gasteiger partial charge is 0.377 e. The van der Waals surface area contributed by atoms with Crippen molar-refractivity contribution in [2.45, 2.75) is 43.0 Å². The van der Waals surface area contributed by atoms with Gasteiger partial charge >= 0.3 is 0 Å². The molecule has 2 atom stereocenters. The van der Waals surface area contributed by atoms with Crippen LogP contribution in [0.2, 0.25) is 0 Å². The van der Waals surface area contributed by atoms with Crippen molar-refractivity contribution in [3.8, 4) is 0 Å². The average molecular weight is 371 g/mol. The third-order valence-corrected chi connectivity index (χ3v) is 6.25. The van der Waals surface area contributed by atoms with Crippen LogP contribution in [0.15, 0.2) is 23.3 Å². The van der Waals surface area contributed by atoms with E-state index in [2.05, 4.69) is 20.4 Å². The number of anilines is 1. The van der Waals surface area contributed by atoms with Crippen molar-refractivity contribution in [1.29, 1.82) is 0 Å². The zero-order chi connectivity index (χ0) is 17.5. The van der Waals surface area contributed by atoms with Crippen LogP contribution in [-0.2, 0) is 16.9 Å². The van der Waals surface area contributed by atoms with Crippen molar-refractivity contribution in [1.82, 2.24) is 19.7 Å². The van der Waals surface area contributed by atoms with Crippen LogP contribution in [0.25, 0.3) is 0 Å². The zero-order valence-electron chi connectivity index (χ0n) is 14.4. The first-order valence-electron chi connectivity index (χ1n) is 9.13. The van der Waals surface area contributed by atoms with Crippen molar-refractivity contribution >= 4 is 17.6 Å². The summed E-state index contributed by atoms with van der Waals surface area (Å²) >= 11 is 1.86. The van der Waals surface area contributed by atoms with Crippen molar-refractivity contribution in [3.63, 3.8) is 0 Å². The van der Waals surface area contributed by atoms with Crippen molar-refractivity contribution in [2.24, 2.45) is 0 Å². The highest BCUT2D eigenvalue weighted by molar-refractivity contribution is 7.98. The van der Waals surface area contributed by atoms with Crippen LogP contribution in [0.4, 0.5) is 5.82 Å². The second-order valence-electron chi connectivity index (χ2n) is 7.16. The van der Waals surface area contributed by atoms with Gasteiger partial charge in [-0.05, 0) is 24.2 Å². The normalized spacial score (nSPS) is 25.1. The minimum atomic E-state index is -0.123. The van der Waals surface area contributed by atoms with Gasteiger partial charge in [0.05, 0.1) is 24.9 Å². The van der Waals surface area contributed by atoms with Crippen LogP contribution in [0.1, 0.15) is 41.8 Å². The van der Waals surface area contributed by atoms with E-state index in [1.54, 1.807) is 17.1 Å². The molecule has 2 unspecified atom stereocenters. The Morgan fingerprint density at radius 1 is 1.23 bits per heavy atom. The molecule has 1 saturated carbocycles. The van der Waals surface area contributed by atoms with E-state index in [1.165, 1.54) is 12.8 Å². The monoisotopic (exact) mass is 371 g/mol. The van der Waals surface area contributed by atoms with Gasteiger partial charge in [0.15, 0.2) is 0 Å². The van der Waals surface area contributed by atoms with E-state index in [1.807, 2.05) is 17.8 Å². The molecule has 8 heteroatoms. The molecule has 5 rings (SSSR count). The Morgan fingerprint density at radius 2 is 2.15 bits per heavy atom. The van der Waals surface area contributed by atoms with E-state index < -0.39 is 0 Å². The topological polar surface area (TPSA) is 81.9 Å². The predicted octanol–water partition coefficient (Wildman–Crippen LogP) is 1.75. The van der Waals surface area contributed by atoms with E-state index in [-0.39, 0.29) is 17.6 Å². The van der Waals surface area contributed by atoms with E-state index in [9.17, 15) is 4.79 Å². The van der Waals surface area contributed by atoms with Crippen LogP contribution in [0.5, 0.6) is 0 Å². The molecule has 3 aliphatic rings. The molecule has 136 valence electrons. The number of fused-ring (bicyclic) bond motifs is 1. The van der Waals surface area contributed by atoms with Gasteiger partial charge < -0.3 is 10.1 Å². The zero-order valence-corrected chi connectivity index (χ0v) is 15.2. The van der Waals surface area contributed by atoms with Crippen LogP contribution < -0.4 is 10.9 Å². The molecule has 1 N–H and O–H groups in total. The lowest BCUT2D eigenvalue weighted by Gasteiger charge is -2.23. The number of aryl methyl sites for hydroxylation is 1. The molecule has 0 aromatic carbocycles. The molecule has 0 spiro atoms. The van der Waals surface area contributed by atoms with E-state index in [4.69, 9.17) is 4.74 Å². The highest BCUT2D eigenvalue weighted by Gasteiger charge is 2.33. The molecule has 4 heterocycles. The van der Waals surface area contributed by atoms with Crippen LogP contribution >= 0.6 is 11.8 Å². The van der Waals surface area contributed by atoms with Crippen LogP contribution in [0.3, 0.4) is 0 Å². The van der Waals surface area contributed by atoms with Gasteiger partial charge in [-0.15, -0.1) is 0 Å². The third-order valence-electron chi connectivity index (χ3n) is 5.25. The second kappa shape index (κ2) is 6.66. The van der Waals surface area contributed by atoms with E-state index in [0.717, 1.165) is 40.7 Å². The highest BCUT2D eigenvalue weighted by atomic mass is 32.2. The van der Waals surface area contributed by atoms with Gasteiger partial charge in [-0.1, -0.05) is 0 Å². The molecule has 7 nitrogen and oxygen atoms in total. The molecule has 26 heavy (non-hydrogen) atoms. The second-order valence-corrected chi connectivity index (χ2v) is 8.26. The Morgan fingerprint density at radius 3 is 3.04 bits per heavy atom. The lowest BCUT2D eigenvalue weighted by molar-refractivity contribution is 0.182. The summed E-state index contributed by atoms with van der Waals surface area (Å²) in [5, 5.41) is 8.12. The molecule has 2 aliphatic heterocycles. The number of rotatable bonds is 4. The fourth-order valence-electron chi connectivity index (χ4n) is 3.63. The molecular formula is C18H21N5O2S. The fourth-order valence-corrected chi connectivity index (χ4v) is 4.58. The summed E-state index contributed by atoms with van der Waals surface area (Å²) in [4.78, 5) is 21.3. The summed E-state index contributed by atoms with van der Waals surface area (Å²) in [6, 6.07) is 3.62. The van der Waals surface area contributed by atoms with Gasteiger partial charge in [-0.2, -0.15) is 16.9 Å². The molecule has 0 bridgehead atoms. The number of hydrogen-bond acceptors (Lipinski definition) is 7. The molecule has 0 amide bonds. The lowest BCUT2D eigenvalue weighted by atomic mass is 10.1. The summed E-state index contributed by atoms with van der Waals surface area (Å²) in [6.07, 6.45) is 4.95. The Labute approximate surface area is 155 Å². The molecule has 2 fully saturated rings. The first kappa shape index (κ1) is 16.3. The number of ether oxygens (including phenoxy) is 1. The Hall–Kier alpha value is -1.93.